The monoisotopic (exact) mass is 191 g/mol. The molecule has 1 aromatic carbocycles. The van der Waals surface area contributed by atoms with Gasteiger partial charge >= 0.3 is 0 Å². The molecule has 2 aromatic rings. The molecule has 0 atom stereocenters. The smallest absolute Gasteiger partial charge is 0.251 e. The Bertz CT molecular complexity index is 557. The van der Waals surface area contributed by atoms with Crippen molar-refractivity contribution in [3.05, 3.63) is 45.5 Å². The largest absolute Gasteiger partial charge is 0.322 e. The fourth-order valence-corrected chi connectivity index (χ4v) is 1.45. The van der Waals surface area contributed by atoms with Gasteiger partial charge in [-0.2, -0.15) is 0 Å². The molecule has 72 valence electrons. The number of aryl methyl sites for hydroxylation is 2. The van der Waals surface area contributed by atoms with E-state index in [9.17, 15) is 9.18 Å². The van der Waals surface area contributed by atoms with Gasteiger partial charge in [0.15, 0.2) is 0 Å². The number of benzene rings is 1. The Morgan fingerprint density at radius 2 is 1.79 bits per heavy atom. The van der Waals surface area contributed by atoms with Crippen LogP contribution in [0, 0.1) is 19.7 Å². The van der Waals surface area contributed by atoms with E-state index in [1.807, 2.05) is 0 Å². The number of pyridine rings is 1. The number of halogens is 1. The molecule has 0 aliphatic carbocycles. The van der Waals surface area contributed by atoms with Crippen LogP contribution in [0.25, 0.3) is 10.9 Å². The summed E-state index contributed by atoms with van der Waals surface area (Å²) in [6, 6.07) is 4.85. The molecule has 0 aliphatic heterocycles. The van der Waals surface area contributed by atoms with Crippen molar-refractivity contribution in [2.45, 2.75) is 13.8 Å². The molecule has 1 N–H and O–H groups in total. The maximum Gasteiger partial charge on any atom is 0.251 e. The van der Waals surface area contributed by atoms with Crippen molar-refractivity contribution in [3.8, 4) is 0 Å². The van der Waals surface area contributed by atoms with Gasteiger partial charge in [-0.3, -0.25) is 4.79 Å². The predicted molar refractivity (Wildman–Crippen MR) is 54.0 cm³/mol. The van der Waals surface area contributed by atoms with Crippen LogP contribution in [0.2, 0.25) is 0 Å². The van der Waals surface area contributed by atoms with Crippen molar-refractivity contribution in [1.82, 2.24) is 4.98 Å². The second kappa shape index (κ2) is 2.94. The molecule has 2 rings (SSSR count). The lowest BCUT2D eigenvalue weighted by Gasteiger charge is -2.02. The van der Waals surface area contributed by atoms with Crippen LogP contribution < -0.4 is 5.56 Å². The van der Waals surface area contributed by atoms with Gasteiger partial charge in [0.25, 0.3) is 5.56 Å². The topological polar surface area (TPSA) is 32.9 Å². The van der Waals surface area contributed by atoms with Gasteiger partial charge in [0.05, 0.1) is 5.52 Å². The zero-order valence-electron chi connectivity index (χ0n) is 8.02. The molecule has 0 bridgehead atoms. The molecule has 0 saturated carbocycles. The van der Waals surface area contributed by atoms with Crippen LogP contribution in [0.3, 0.4) is 0 Å². The number of rotatable bonds is 0. The SMILES string of the molecule is Cc1cc2cc(C)c(=O)[nH]c2cc1F. The minimum absolute atomic E-state index is 0.166. The first kappa shape index (κ1) is 8.94. The predicted octanol–water partition coefficient (Wildman–Crippen LogP) is 2.28. The molecular weight excluding hydrogens is 181 g/mol. The highest BCUT2D eigenvalue weighted by atomic mass is 19.1. The summed E-state index contributed by atoms with van der Waals surface area (Å²) in [6.07, 6.45) is 0. The third kappa shape index (κ3) is 1.31. The summed E-state index contributed by atoms with van der Waals surface area (Å²) in [7, 11) is 0. The normalized spacial score (nSPS) is 10.8. The summed E-state index contributed by atoms with van der Waals surface area (Å²) in [5.74, 6) is -0.294. The second-order valence-electron chi connectivity index (χ2n) is 3.47. The average molecular weight is 191 g/mol. The summed E-state index contributed by atoms with van der Waals surface area (Å²) >= 11 is 0. The van der Waals surface area contributed by atoms with Crippen molar-refractivity contribution < 1.29 is 4.39 Å². The maximum atomic E-state index is 13.2. The molecule has 0 amide bonds. The van der Waals surface area contributed by atoms with Crippen molar-refractivity contribution in [2.75, 3.05) is 0 Å². The van der Waals surface area contributed by atoms with Crippen molar-refractivity contribution in [1.29, 1.82) is 0 Å². The van der Waals surface area contributed by atoms with Crippen molar-refractivity contribution in [3.63, 3.8) is 0 Å². The number of H-pyrrole nitrogens is 1. The molecule has 0 spiro atoms. The molecule has 1 aromatic heterocycles. The Hall–Kier alpha value is -1.64. The molecule has 0 saturated heterocycles. The van der Waals surface area contributed by atoms with E-state index in [1.165, 1.54) is 6.07 Å². The van der Waals surface area contributed by atoms with E-state index >= 15 is 0 Å². The number of fused-ring (bicyclic) bond motifs is 1. The van der Waals surface area contributed by atoms with Crippen LogP contribution in [0.15, 0.2) is 23.0 Å². The van der Waals surface area contributed by atoms with Crippen LogP contribution in [-0.4, -0.2) is 4.98 Å². The van der Waals surface area contributed by atoms with Gasteiger partial charge in [-0.15, -0.1) is 0 Å². The zero-order chi connectivity index (χ0) is 10.3. The molecule has 3 heteroatoms. The Morgan fingerprint density at radius 1 is 1.14 bits per heavy atom. The Kier molecular flexibility index (Phi) is 1.88. The van der Waals surface area contributed by atoms with Crippen LogP contribution in [0.5, 0.6) is 0 Å². The van der Waals surface area contributed by atoms with Crippen LogP contribution >= 0.6 is 0 Å². The highest BCUT2D eigenvalue weighted by Gasteiger charge is 2.02. The summed E-state index contributed by atoms with van der Waals surface area (Å²) in [4.78, 5) is 13.9. The van der Waals surface area contributed by atoms with Crippen molar-refractivity contribution in [2.24, 2.45) is 0 Å². The Morgan fingerprint density at radius 3 is 2.50 bits per heavy atom. The summed E-state index contributed by atoms with van der Waals surface area (Å²) in [5.41, 5.74) is 1.61. The Labute approximate surface area is 80.4 Å². The summed E-state index contributed by atoms with van der Waals surface area (Å²) in [5, 5.41) is 0.862. The first-order valence-corrected chi connectivity index (χ1v) is 4.38. The summed E-state index contributed by atoms with van der Waals surface area (Å²) < 4.78 is 13.2. The molecule has 14 heavy (non-hydrogen) atoms. The number of hydrogen-bond donors (Lipinski definition) is 1. The van der Waals surface area contributed by atoms with E-state index < -0.39 is 0 Å². The fraction of sp³-hybridized carbons (Fsp3) is 0.182. The lowest BCUT2D eigenvalue weighted by atomic mass is 10.1. The van der Waals surface area contributed by atoms with Gasteiger partial charge in [0.2, 0.25) is 0 Å². The summed E-state index contributed by atoms with van der Waals surface area (Å²) in [6.45, 7) is 3.44. The Balaban J connectivity index is 2.90. The molecule has 2 nitrogen and oxygen atoms in total. The lowest BCUT2D eigenvalue weighted by molar-refractivity contribution is 0.620. The lowest BCUT2D eigenvalue weighted by Crippen LogP contribution is -2.08. The minimum Gasteiger partial charge on any atom is -0.322 e. The second-order valence-corrected chi connectivity index (χ2v) is 3.47. The average Bonchev–Trinajstić information content (AvgIpc) is 2.11. The van der Waals surface area contributed by atoms with Gasteiger partial charge in [-0.05, 0) is 43.0 Å². The highest BCUT2D eigenvalue weighted by Crippen LogP contribution is 2.16. The standard InChI is InChI=1S/C11H10FNO/c1-6-3-8-4-7(2)11(14)13-10(8)5-9(6)12/h3-5H,1-2H3,(H,13,14). The van der Waals surface area contributed by atoms with Gasteiger partial charge < -0.3 is 4.98 Å². The van der Waals surface area contributed by atoms with Gasteiger partial charge in [-0.1, -0.05) is 0 Å². The van der Waals surface area contributed by atoms with E-state index in [1.54, 1.807) is 26.0 Å². The zero-order valence-corrected chi connectivity index (χ0v) is 8.02. The van der Waals surface area contributed by atoms with Crippen molar-refractivity contribution >= 4 is 10.9 Å². The first-order valence-electron chi connectivity index (χ1n) is 4.38. The maximum absolute atomic E-state index is 13.2. The molecule has 1 heterocycles. The van der Waals surface area contributed by atoms with Crippen LogP contribution in [0.4, 0.5) is 4.39 Å². The molecule has 0 fully saturated rings. The first-order chi connectivity index (χ1) is 6.58. The van der Waals surface area contributed by atoms with E-state index in [-0.39, 0.29) is 11.4 Å². The quantitative estimate of drug-likeness (QED) is 0.680. The van der Waals surface area contributed by atoms with E-state index in [2.05, 4.69) is 4.98 Å². The minimum atomic E-state index is -0.294. The number of aromatic nitrogens is 1. The van der Waals surface area contributed by atoms with E-state index in [0.717, 1.165) is 5.39 Å². The van der Waals surface area contributed by atoms with Gasteiger partial charge in [0, 0.05) is 5.56 Å². The fourth-order valence-electron chi connectivity index (χ4n) is 1.45. The molecular formula is C11H10FNO. The van der Waals surface area contributed by atoms with Crippen LogP contribution in [-0.2, 0) is 0 Å². The number of nitrogens with one attached hydrogen (secondary N) is 1. The molecule has 0 radical (unpaired) electrons. The van der Waals surface area contributed by atoms with E-state index in [4.69, 9.17) is 0 Å². The van der Waals surface area contributed by atoms with Gasteiger partial charge in [-0.25, -0.2) is 4.39 Å². The number of aromatic amines is 1. The molecule has 0 unspecified atom stereocenters. The van der Waals surface area contributed by atoms with E-state index in [0.29, 0.717) is 16.6 Å². The highest BCUT2D eigenvalue weighted by molar-refractivity contribution is 5.79. The number of hydrogen-bond acceptors (Lipinski definition) is 1. The third-order valence-corrected chi connectivity index (χ3v) is 2.31. The third-order valence-electron chi connectivity index (χ3n) is 2.31. The van der Waals surface area contributed by atoms with Gasteiger partial charge in [0.1, 0.15) is 5.82 Å². The molecule has 0 aliphatic rings. The van der Waals surface area contributed by atoms with Crippen LogP contribution in [0.1, 0.15) is 11.1 Å².